The van der Waals surface area contributed by atoms with E-state index in [2.05, 4.69) is 11.9 Å². The van der Waals surface area contributed by atoms with Crippen molar-refractivity contribution in [2.75, 3.05) is 13.6 Å². The van der Waals surface area contributed by atoms with Crippen LogP contribution in [0.4, 0.5) is 0 Å². The minimum atomic E-state index is 0. The summed E-state index contributed by atoms with van der Waals surface area (Å²) in [5.41, 5.74) is 0. The van der Waals surface area contributed by atoms with Crippen LogP contribution < -0.4 is 58.2 Å². The molecule has 0 amide bonds. The minimum absolute atomic E-state index is 0. The first-order chi connectivity index (χ1) is 5.88. The number of hydrogen-bond donors (Lipinski definition) is 0. The smallest absolute Gasteiger partial charge is 0.358 e. The van der Waals surface area contributed by atoms with Crippen molar-refractivity contribution in [3.63, 3.8) is 0 Å². The molecule has 14 heavy (non-hydrogen) atoms. The summed E-state index contributed by atoms with van der Waals surface area (Å²) in [6.07, 6.45) is 10.4. The van der Waals surface area contributed by atoms with Crippen LogP contribution in [0.5, 0.6) is 0 Å². The zero-order valence-corrected chi connectivity index (χ0v) is 15.2. The Morgan fingerprint density at radius 2 is 1.57 bits per heavy atom. The third-order valence-corrected chi connectivity index (χ3v) is 3.77. The van der Waals surface area contributed by atoms with E-state index in [1.54, 1.807) is 0 Å². The number of rotatable bonds is 1. The van der Waals surface area contributed by atoms with Crippen LogP contribution in [0.2, 0.25) is 0 Å². The second-order valence-electron chi connectivity index (χ2n) is 4.59. The van der Waals surface area contributed by atoms with Crippen LogP contribution in [0, 0.1) is 13.3 Å². The van der Waals surface area contributed by atoms with Gasteiger partial charge in [-0.2, -0.15) is 0 Å². The third-order valence-electron chi connectivity index (χ3n) is 3.77. The first-order valence-electron chi connectivity index (χ1n) is 5.58. The molecule has 0 aromatic carbocycles. The van der Waals surface area contributed by atoms with E-state index < -0.39 is 0 Å². The summed E-state index contributed by atoms with van der Waals surface area (Å²) in [7, 11) is 2.31. The zero-order valence-electron chi connectivity index (χ0n) is 10.3. The summed E-state index contributed by atoms with van der Waals surface area (Å²) in [6.45, 7) is 1.35. The van der Waals surface area contributed by atoms with Gasteiger partial charge in [0, 0.05) is 6.04 Å². The first-order valence-corrected chi connectivity index (χ1v) is 5.58. The maximum Gasteiger partial charge on any atom is 1.00 e. The van der Waals surface area contributed by atoms with Crippen molar-refractivity contribution in [3.05, 3.63) is 7.43 Å². The Bertz CT molecular complexity index is 143. The van der Waals surface area contributed by atoms with Crippen LogP contribution in [0.3, 0.4) is 0 Å². The van der Waals surface area contributed by atoms with Crippen LogP contribution >= 0.6 is 0 Å². The van der Waals surface area contributed by atoms with Gasteiger partial charge in [0.25, 0.3) is 0 Å². The Morgan fingerprint density at radius 3 is 2.07 bits per heavy atom. The van der Waals surface area contributed by atoms with E-state index in [9.17, 15) is 0 Å². The van der Waals surface area contributed by atoms with E-state index in [1.807, 2.05) is 0 Å². The molecule has 2 aliphatic rings. The van der Waals surface area contributed by atoms with E-state index in [0.717, 1.165) is 12.0 Å². The Morgan fingerprint density at radius 1 is 0.929 bits per heavy atom. The van der Waals surface area contributed by atoms with Gasteiger partial charge in [0.05, 0.1) is 0 Å². The molecule has 1 unspecified atom stereocenters. The zero-order chi connectivity index (χ0) is 8.39. The van der Waals surface area contributed by atoms with Crippen molar-refractivity contribution in [1.82, 2.24) is 4.90 Å². The van der Waals surface area contributed by atoms with Crippen molar-refractivity contribution in [2.24, 2.45) is 5.92 Å². The maximum atomic E-state index is 2.59. The molecule has 1 saturated carbocycles. The van der Waals surface area contributed by atoms with E-state index in [4.69, 9.17) is 0 Å². The van der Waals surface area contributed by atoms with Gasteiger partial charge >= 0.3 is 58.2 Å². The van der Waals surface area contributed by atoms with Gasteiger partial charge in [-0.3, -0.25) is 0 Å². The molecule has 0 N–H and O–H groups in total. The van der Waals surface area contributed by atoms with Gasteiger partial charge in [0.15, 0.2) is 0 Å². The van der Waals surface area contributed by atoms with Gasteiger partial charge < -0.3 is 12.3 Å². The summed E-state index contributed by atoms with van der Waals surface area (Å²) in [5.74, 6) is 1.05. The fourth-order valence-electron chi connectivity index (χ4n) is 3.05. The van der Waals surface area contributed by atoms with E-state index in [-0.39, 0.29) is 65.6 Å². The van der Waals surface area contributed by atoms with Gasteiger partial charge in [0.2, 0.25) is 0 Å². The number of likely N-dealkylation sites (tertiary alicyclic amines) is 1. The summed E-state index contributed by atoms with van der Waals surface area (Å²) < 4.78 is 0. The molecule has 0 aromatic heterocycles. The van der Waals surface area contributed by atoms with Gasteiger partial charge in [-0.15, -0.1) is 0 Å². The van der Waals surface area contributed by atoms with Crippen molar-refractivity contribution < 1.29 is 58.2 Å². The molecular formula is C12H24NRb. The minimum Gasteiger partial charge on any atom is -0.358 e. The van der Waals surface area contributed by atoms with Crippen molar-refractivity contribution in [2.45, 2.75) is 51.0 Å². The molecule has 2 heteroatoms. The fourth-order valence-corrected chi connectivity index (χ4v) is 3.05. The van der Waals surface area contributed by atoms with Crippen molar-refractivity contribution in [3.8, 4) is 0 Å². The van der Waals surface area contributed by atoms with Gasteiger partial charge in [0.1, 0.15) is 0 Å². The molecule has 1 heterocycles. The quantitative estimate of drug-likeness (QED) is 0.610. The van der Waals surface area contributed by atoms with Crippen LogP contribution in [0.1, 0.15) is 44.9 Å². The van der Waals surface area contributed by atoms with Gasteiger partial charge in [-0.05, 0) is 45.2 Å². The molecule has 0 aromatic rings. The second kappa shape index (κ2) is 7.95. The Labute approximate surface area is 139 Å². The summed E-state index contributed by atoms with van der Waals surface area (Å²) >= 11 is 0. The monoisotopic (exact) mass is 267 g/mol. The maximum absolute atomic E-state index is 2.59. The normalized spacial score (nSPS) is 29.4. The van der Waals surface area contributed by atoms with Crippen LogP contribution in [0.25, 0.3) is 0 Å². The molecule has 1 nitrogen and oxygen atoms in total. The molecule has 1 aliphatic carbocycles. The summed E-state index contributed by atoms with van der Waals surface area (Å²) in [4.78, 5) is 2.59. The predicted molar refractivity (Wildman–Crippen MR) is 58.6 cm³/mol. The Hall–Kier alpha value is 1.77. The van der Waals surface area contributed by atoms with Crippen LogP contribution in [-0.4, -0.2) is 24.5 Å². The number of nitrogens with zero attached hydrogens (tertiary/aromatic N) is 1. The average molecular weight is 268 g/mol. The molecule has 0 bridgehead atoms. The second-order valence-corrected chi connectivity index (χ2v) is 4.59. The third kappa shape index (κ3) is 3.97. The molecule has 0 radical (unpaired) electrons. The fraction of sp³-hybridized carbons (Fsp3) is 0.917. The molecule has 2 rings (SSSR count). The van der Waals surface area contributed by atoms with E-state index in [0.29, 0.717) is 0 Å². The largest absolute Gasteiger partial charge is 1.00 e. The van der Waals surface area contributed by atoms with Crippen molar-refractivity contribution in [1.29, 1.82) is 0 Å². The molecule has 2 fully saturated rings. The van der Waals surface area contributed by atoms with E-state index in [1.165, 1.54) is 51.5 Å². The summed E-state index contributed by atoms with van der Waals surface area (Å²) in [5, 5.41) is 0. The van der Waals surface area contributed by atoms with Crippen molar-refractivity contribution >= 4 is 0 Å². The molecule has 1 saturated heterocycles. The molecule has 1 aliphatic heterocycles. The van der Waals surface area contributed by atoms with E-state index >= 15 is 0 Å². The average Bonchev–Trinajstić information content (AvgIpc) is 2.53. The van der Waals surface area contributed by atoms with Gasteiger partial charge in [-0.1, -0.05) is 19.3 Å². The molecular weight excluding hydrogens is 244 g/mol. The van der Waals surface area contributed by atoms with Gasteiger partial charge in [-0.25, -0.2) is 0 Å². The Balaban J connectivity index is 0.000000845. The summed E-state index contributed by atoms with van der Waals surface area (Å²) in [6, 6.07) is 0.949. The molecule has 1 atom stereocenters. The van der Waals surface area contributed by atoms with Crippen LogP contribution in [-0.2, 0) is 0 Å². The predicted octanol–water partition coefficient (Wildman–Crippen LogP) is 0.115. The Kier molecular flexibility index (Phi) is 8.95. The van der Waals surface area contributed by atoms with Crippen LogP contribution in [0.15, 0.2) is 0 Å². The topological polar surface area (TPSA) is 3.24 Å². The standard InChI is InChI=1S/C11H21N.CH3.Rb/c1-12-9-5-8-11(12)10-6-3-2-4-7-10;;/h10-11H,2-9H2,1H3;1H3;/q;-1;+1. The number of hydrogen-bond acceptors (Lipinski definition) is 1. The molecule has 0 spiro atoms. The molecule has 78 valence electrons. The SMILES string of the molecule is CN1CCCC1C1CCCCC1.[CH3-].[Rb+]. The first kappa shape index (κ1) is 15.8.